The predicted octanol–water partition coefficient (Wildman–Crippen LogP) is 5.21. The lowest BCUT2D eigenvalue weighted by molar-refractivity contribution is 0.425. The first-order chi connectivity index (χ1) is 24.8. The Morgan fingerprint density at radius 3 is 1.29 bits per heavy atom. The molecule has 0 bridgehead atoms. The van der Waals surface area contributed by atoms with Gasteiger partial charge in [-0.05, 0) is 86.7 Å². The Morgan fingerprint density at radius 2 is 0.824 bits per heavy atom. The predicted molar refractivity (Wildman–Crippen MR) is 203 cm³/mol. The van der Waals surface area contributed by atoms with Crippen LogP contribution in [0.5, 0.6) is 0 Å². The molecular formula is C42H25BN2O6. The summed E-state index contributed by atoms with van der Waals surface area (Å²) in [6, 6.07) is 40.9. The second-order valence-corrected chi connectivity index (χ2v) is 12.6. The van der Waals surface area contributed by atoms with Gasteiger partial charge in [-0.3, -0.25) is 19.2 Å². The highest BCUT2D eigenvalue weighted by atomic mass is 16.4. The molecule has 0 unspecified atom stereocenters. The quantitative estimate of drug-likeness (QED) is 0.193. The van der Waals surface area contributed by atoms with Gasteiger partial charge in [0.15, 0.2) is 0 Å². The summed E-state index contributed by atoms with van der Waals surface area (Å²) in [6.45, 7) is 0. The molecule has 0 spiro atoms. The smallest absolute Gasteiger partial charge is 0.423 e. The Kier molecular flexibility index (Phi) is 6.82. The molecule has 0 aliphatic heterocycles. The normalized spacial score (nSPS) is 11.6. The van der Waals surface area contributed by atoms with Crippen molar-refractivity contribution in [3.8, 4) is 33.6 Å². The fourth-order valence-corrected chi connectivity index (χ4v) is 7.41. The summed E-state index contributed by atoms with van der Waals surface area (Å²) >= 11 is 0. The van der Waals surface area contributed by atoms with Crippen molar-refractivity contribution in [2.75, 3.05) is 0 Å². The number of fused-ring (bicyclic) bond motifs is 4. The van der Waals surface area contributed by atoms with E-state index in [-0.39, 0.29) is 27.3 Å². The van der Waals surface area contributed by atoms with Gasteiger partial charge in [-0.1, -0.05) is 91.0 Å². The monoisotopic (exact) mass is 664 g/mol. The number of benzene rings is 7. The largest absolute Gasteiger partial charge is 0.488 e. The van der Waals surface area contributed by atoms with E-state index in [0.717, 1.165) is 10.1 Å². The molecule has 0 saturated heterocycles. The van der Waals surface area contributed by atoms with Gasteiger partial charge in [0.25, 0.3) is 22.2 Å². The molecule has 242 valence electrons. The molecule has 2 heterocycles. The van der Waals surface area contributed by atoms with Gasteiger partial charge >= 0.3 is 7.12 Å². The van der Waals surface area contributed by atoms with E-state index in [9.17, 15) is 29.2 Å². The Labute approximate surface area is 288 Å². The standard InChI is InChI=1S/C42H25BN2O6/c46-39-33-21-26-19-32-27(20-31(26)35(24-11-4-1-5-12-24)37(33)41(48)44(39)29-16-8-3-9-17-29)22-34-38(36(32)25-13-6-2-7-14-25)42(49)45(40(34)47)30-18-10-15-28(23-30)43(50)51/h1-23,50-51H. The average Bonchev–Trinajstić information content (AvgIpc) is 3.56. The average molecular weight is 664 g/mol. The highest BCUT2D eigenvalue weighted by molar-refractivity contribution is 6.58. The molecule has 9 rings (SSSR count). The van der Waals surface area contributed by atoms with Crippen LogP contribution in [-0.4, -0.2) is 26.3 Å². The SMILES string of the molecule is O=c1c2cc3cc4c(-c5ccccc5)c5c(=O)n(-c6cccc(B(O)O)c6)c(=O)c5cc4cc3c(-c3ccccc3)c2c(=O)n1-c1ccccc1. The maximum Gasteiger partial charge on any atom is 0.488 e. The van der Waals surface area contributed by atoms with Crippen molar-refractivity contribution in [1.82, 2.24) is 9.13 Å². The van der Waals surface area contributed by atoms with Crippen LogP contribution >= 0.6 is 0 Å². The zero-order valence-electron chi connectivity index (χ0n) is 26.8. The van der Waals surface area contributed by atoms with Crippen LogP contribution in [0.2, 0.25) is 0 Å². The summed E-state index contributed by atoms with van der Waals surface area (Å²) < 4.78 is 2.26. The zero-order chi connectivity index (χ0) is 35.0. The minimum Gasteiger partial charge on any atom is -0.423 e. The lowest BCUT2D eigenvalue weighted by Crippen LogP contribution is -2.31. The number of hydrogen-bond acceptors (Lipinski definition) is 6. The van der Waals surface area contributed by atoms with Gasteiger partial charge < -0.3 is 10.0 Å². The first-order valence-electron chi connectivity index (χ1n) is 16.3. The Balaban J connectivity index is 1.45. The van der Waals surface area contributed by atoms with Gasteiger partial charge in [0.05, 0.1) is 32.9 Å². The molecule has 8 nitrogen and oxygen atoms in total. The number of nitrogens with zero attached hydrogens (tertiary/aromatic N) is 2. The van der Waals surface area contributed by atoms with Crippen molar-refractivity contribution >= 4 is 55.7 Å². The maximum absolute atomic E-state index is 14.3. The van der Waals surface area contributed by atoms with Crippen LogP contribution in [0.1, 0.15) is 0 Å². The zero-order valence-corrected chi connectivity index (χ0v) is 26.8. The van der Waals surface area contributed by atoms with E-state index >= 15 is 0 Å². The molecule has 0 aliphatic carbocycles. The summed E-state index contributed by atoms with van der Waals surface area (Å²) in [7, 11) is -1.78. The molecule has 0 fully saturated rings. The van der Waals surface area contributed by atoms with E-state index in [1.54, 1.807) is 48.5 Å². The summed E-state index contributed by atoms with van der Waals surface area (Å²) in [4.78, 5) is 56.7. The molecular weight excluding hydrogens is 639 g/mol. The minimum atomic E-state index is -1.78. The number of para-hydroxylation sites is 1. The highest BCUT2D eigenvalue weighted by Crippen LogP contribution is 2.41. The van der Waals surface area contributed by atoms with Crippen molar-refractivity contribution < 1.29 is 10.0 Å². The Morgan fingerprint density at radius 1 is 0.412 bits per heavy atom. The van der Waals surface area contributed by atoms with Crippen molar-refractivity contribution in [2.45, 2.75) is 0 Å². The second-order valence-electron chi connectivity index (χ2n) is 12.6. The van der Waals surface area contributed by atoms with Crippen molar-refractivity contribution in [3.63, 3.8) is 0 Å². The van der Waals surface area contributed by atoms with Gasteiger partial charge in [-0.15, -0.1) is 0 Å². The van der Waals surface area contributed by atoms with E-state index < -0.39 is 29.4 Å². The molecule has 7 aromatic carbocycles. The molecule has 0 radical (unpaired) electrons. The molecule has 9 heteroatoms. The third kappa shape index (κ3) is 4.56. The van der Waals surface area contributed by atoms with E-state index in [0.29, 0.717) is 49.3 Å². The molecule has 0 saturated carbocycles. The molecule has 0 amide bonds. The third-order valence-corrected chi connectivity index (χ3v) is 9.67. The second kappa shape index (κ2) is 11.5. The van der Waals surface area contributed by atoms with Crippen LogP contribution in [0.3, 0.4) is 0 Å². The number of aromatic nitrogens is 2. The van der Waals surface area contributed by atoms with Gasteiger partial charge in [-0.2, -0.15) is 0 Å². The summed E-state index contributed by atoms with van der Waals surface area (Å²) in [6.07, 6.45) is 0. The Bertz CT molecular complexity index is 3070. The first-order valence-corrected chi connectivity index (χ1v) is 16.3. The molecule has 9 aromatic rings. The van der Waals surface area contributed by atoms with Gasteiger partial charge in [0.1, 0.15) is 0 Å². The third-order valence-electron chi connectivity index (χ3n) is 9.67. The summed E-state index contributed by atoms with van der Waals surface area (Å²) in [5.41, 5.74) is 1.51. The summed E-state index contributed by atoms with van der Waals surface area (Å²) in [5, 5.41) is 23.4. The molecule has 51 heavy (non-hydrogen) atoms. The summed E-state index contributed by atoms with van der Waals surface area (Å²) in [5.74, 6) is 0. The maximum atomic E-state index is 14.3. The van der Waals surface area contributed by atoms with Gasteiger partial charge in [-0.25, -0.2) is 9.13 Å². The van der Waals surface area contributed by atoms with Crippen LogP contribution in [0.25, 0.3) is 76.7 Å². The highest BCUT2D eigenvalue weighted by Gasteiger charge is 2.25. The topological polar surface area (TPSA) is 119 Å². The van der Waals surface area contributed by atoms with E-state index in [2.05, 4.69) is 0 Å². The van der Waals surface area contributed by atoms with Crippen LogP contribution < -0.4 is 27.7 Å². The molecule has 2 N–H and O–H groups in total. The fraction of sp³-hybridized carbons (Fsp3) is 0. The van der Waals surface area contributed by atoms with Crippen LogP contribution in [0.4, 0.5) is 0 Å². The van der Waals surface area contributed by atoms with Gasteiger partial charge in [0.2, 0.25) is 0 Å². The van der Waals surface area contributed by atoms with Crippen LogP contribution in [-0.2, 0) is 0 Å². The van der Waals surface area contributed by atoms with E-state index in [4.69, 9.17) is 0 Å². The minimum absolute atomic E-state index is 0.139. The van der Waals surface area contributed by atoms with Crippen LogP contribution in [0, 0.1) is 0 Å². The lowest BCUT2D eigenvalue weighted by Gasteiger charge is -2.13. The first kappa shape index (κ1) is 30.4. The Hall–Kier alpha value is -6.68. The van der Waals surface area contributed by atoms with E-state index in [1.807, 2.05) is 78.9 Å². The van der Waals surface area contributed by atoms with Crippen molar-refractivity contribution in [3.05, 3.63) is 181 Å². The number of rotatable bonds is 5. The van der Waals surface area contributed by atoms with Crippen LogP contribution in [0.15, 0.2) is 159 Å². The molecule has 0 atom stereocenters. The molecule has 2 aromatic heterocycles. The lowest BCUT2D eigenvalue weighted by atomic mass is 9.80. The van der Waals surface area contributed by atoms with E-state index in [1.165, 1.54) is 16.7 Å². The van der Waals surface area contributed by atoms with Crippen molar-refractivity contribution in [1.29, 1.82) is 0 Å². The number of hydrogen-bond donors (Lipinski definition) is 2. The van der Waals surface area contributed by atoms with Gasteiger partial charge in [0, 0.05) is 11.1 Å². The fourth-order valence-electron chi connectivity index (χ4n) is 7.41. The van der Waals surface area contributed by atoms with Crippen molar-refractivity contribution in [2.24, 2.45) is 0 Å². The molecule has 0 aliphatic rings.